The van der Waals surface area contributed by atoms with E-state index >= 15 is 0 Å². The average molecular weight is 294 g/mol. The summed E-state index contributed by atoms with van der Waals surface area (Å²) in [4.78, 5) is 39.3. The molecular weight excluding hydrogens is 280 g/mol. The molecule has 0 unspecified atom stereocenters. The number of carbonyl (C=O) groups excluding carboxylic acids is 2. The molecule has 1 amide bonds. The molecule has 1 heterocycles. The second-order valence-corrected chi connectivity index (χ2v) is 5.21. The summed E-state index contributed by atoms with van der Waals surface area (Å²) < 4.78 is 4.52. The number of ether oxygens (including phenoxy) is 1. The lowest BCUT2D eigenvalue weighted by atomic mass is 9.95. The number of nitro groups is 1. The smallest absolute Gasteiger partial charge is 0.344 e. The van der Waals surface area contributed by atoms with Gasteiger partial charge >= 0.3 is 5.97 Å². The standard InChI is InChI=1S/C13H14N2O6/c1-13(2)7-21-14(12(13)17)8-4-5-10(15(18)19)9(6-8)11(16)20-3/h4-6H,7H2,1-3H3. The molecule has 21 heavy (non-hydrogen) atoms. The lowest BCUT2D eigenvalue weighted by Crippen LogP contribution is -2.30. The number of hydrogen-bond donors (Lipinski definition) is 0. The summed E-state index contributed by atoms with van der Waals surface area (Å²) in [6.07, 6.45) is 0. The largest absolute Gasteiger partial charge is 0.465 e. The minimum absolute atomic E-state index is 0.191. The van der Waals surface area contributed by atoms with Gasteiger partial charge in [-0.1, -0.05) is 0 Å². The van der Waals surface area contributed by atoms with Gasteiger partial charge in [-0.15, -0.1) is 0 Å². The van der Waals surface area contributed by atoms with Crippen molar-refractivity contribution in [3.05, 3.63) is 33.9 Å². The molecule has 1 aliphatic rings. The molecule has 0 atom stereocenters. The fourth-order valence-corrected chi connectivity index (χ4v) is 1.90. The zero-order valence-electron chi connectivity index (χ0n) is 11.8. The third-order valence-corrected chi connectivity index (χ3v) is 3.13. The van der Waals surface area contributed by atoms with Crippen LogP contribution in [0.3, 0.4) is 0 Å². The Morgan fingerprint density at radius 3 is 2.62 bits per heavy atom. The Labute approximate surface area is 120 Å². The van der Waals surface area contributed by atoms with Crippen LogP contribution in [0.25, 0.3) is 0 Å². The van der Waals surface area contributed by atoms with Crippen LogP contribution >= 0.6 is 0 Å². The van der Waals surface area contributed by atoms with E-state index in [2.05, 4.69) is 4.74 Å². The second kappa shape index (κ2) is 5.13. The number of hydroxylamine groups is 1. The van der Waals surface area contributed by atoms with Crippen LogP contribution < -0.4 is 5.06 Å². The summed E-state index contributed by atoms with van der Waals surface area (Å²) in [5, 5.41) is 12.0. The predicted octanol–water partition coefficient (Wildman–Crippen LogP) is 1.69. The Kier molecular flexibility index (Phi) is 3.65. The van der Waals surface area contributed by atoms with E-state index in [0.29, 0.717) is 0 Å². The molecule has 0 aliphatic carbocycles. The number of esters is 1. The molecule has 112 valence electrons. The van der Waals surface area contributed by atoms with Crippen LogP contribution in [-0.4, -0.2) is 30.5 Å². The third kappa shape index (κ3) is 2.57. The molecule has 0 saturated carbocycles. The number of nitro benzene ring substituents is 1. The number of benzene rings is 1. The van der Waals surface area contributed by atoms with Gasteiger partial charge in [-0.3, -0.25) is 19.7 Å². The maximum Gasteiger partial charge on any atom is 0.344 e. The maximum absolute atomic E-state index is 12.1. The Balaban J connectivity index is 2.46. The topological polar surface area (TPSA) is 99.0 Å². The lowest BCUT2D eigenvalue weighted by molar-refractivity contribution is -0.385. The molecule has 8 nitrogen and oxygen atoms in total. The Morgan fingerprint density at radius 1 is 1.48 bits per heavy atom. The van der Waals surface area contributed by atoms with Crippen molar-refractivity contribution in [2.75, 3.05) is 18.8 Å². The number of amides is 1. The fourth-order valence-electron chi connectivity index (χ4n) is 1.90. The van der Waals surface area contributed by atoms with E-state index < -0.39 is 22.0 Å². The highest BCUT2D eigenvalue weighted by Crippen LogP contribution is 2.33. The van der Waals surface area contributed by atoms with Crippen LogP contribution in [0, 0.1) is 15.5 Å². The first-order chi connectivity index (χ1) is 9.77. The van der Waals surface area contributed by atoms with Crippen molar-refractivity contribution in [2.24, 2.45) is 5.41 Å². The third-order valence-electron chi connectivity index (χ3n) is 3.13. The van der Waals surface area contributed by atoms with Crippen molar-refractivity contribution in [3.63, 3.8) is 0 Å². The summed E-state index contributed by atoms with van der Waals surface area (Å²) in [6, 6.07) is 3.71. The molecular formula is C13H14N2O6. The predicted molar refractivity (Wildman–Crippen MR) is 71.7 cm³/mol. The normalized spacial score (nSPS) is 16.9. The average Bonchev–Trinajstić information content (AvgIpc) is 2.72. The van der Waals surface area contributed by atoms with E-state index in [-0.39, 0.29) is 23.8 Å². The second-order valence-electron chi connectivity index (χ2n) is 5.21. The van der Waals surface area contributed by atoms with Gasteiger partial charge in [0.15, 0.2) is 0 Å². The van der Waals surface area contributed by atoms with Gasteiger partial charge in [0.2, 0.25) is 0 Å². The molecule has 1 saturated heterocycles. The molecule has 2 rings (SSSR count). The van der Waals surface area contributed by atoms with Gasteiger partial charge in [-0.2, -0.15) is 5.06 Å². The van der Waals surface area contributed by atoms with Gasteiger partial charge in [0.05, 0.1) is 29.7 Å². The molecule has 0 radical (unpaired) electrons. The number of hydrogen-bond acceptors (Lipinski definition) is 6. The Hall–Kier alpha value is -2.48. The van der Waals surface area contributed by atoms with Crippen LogP contribution in [0.15, 0.2) is 18.2 Å². The van der Waals surface area contributed by atoms with Crippen molar-refractivity contribution < 1.29 is 24.1 Å². The van der Waals surface area contributed by atoms with Crippen molar-refractivity contribution in [3.8, 4) is 0 Å². The molecule has 0 N–H and O–H groups in total. The molecule has 1 aromatic rings. The first kappa shape index (κ1) is 14.9. The van der Waals surface area contributed by atoms with Gasteiger partial charge in [-0.25, -0.2) is 4.79 Å². The van der Waals surface area contributed by atoms with E-state index in [1.54, 1.807) is 13.8 Å². The number of methoxy groups -OCH3 is 1. The van der Waals surface area contributed by atoms with Gasteiger partial charge < -0.3 is 4.74 Å². The zero-order valence-corrected chi connectivity index (χ0v) is 11.8. The minimum Gasteiger partial charge on any atom is -0.465 e. The van der Waals surface area contributed by atoms with Gasteiger partial charge in [-0.05, 0) is 26.0 Å². The molecule has 0 aromatic heterocycles. The first-order valence-corrected chi connectivity index (χ1v) is 6.12. The summed E-state index contributed by atoms with van der Waals surface area (Å²) in [7, 11) is 1.12. The van der Waals surface area contributed by atoms with E-state index in [9.17, 15) is 19.7 Å². The van der Waals surface area contributed by atoms with Crippen LogP contribution in [0.5, 0.6) is 0 Å². The molecule has 1 aliphatic heterocycles. The van der Waals surface area contributed by atoms with Crippen molar-refractivity contribution in [1.29, 1.82) is 0 Å². The van der Waals surface area contributed by atoms with Gasteiger partial charge in [0.1, 0.15) is 5.56 Å². The SMILES string of the molecule is COC(=O)c1cc(N2OCC(C)(C)C2=O)ccc1[N+](=O)[O-]. The number of anilines is 1. The van der Waals surface area contributed by atoms with Crippen molar-refractivity contribution in [1.82, 2.24) is 0 Å². The molecule has 0 spiro atoms. The quantitative estimate of drug-likeness (QED) is 0.478. The van der Waals surface area contributed by atoms with E-state index in [1.807, 2.05) is 0 Å². The van der Waals surface area contributed by atoms with E-state index in [1.165, 1.54) is 12.1 Å². The molecule has 0 bridgehead atoms. The highest BCUT2D eigenvalue weighted by molar-refractivity contribution is 6.00. The number of carbonyl (C=O) groups is 2. The highest BCUT2D eigenvalue weighted by Gasteiger charge is 2.41. The first-order valence-electron chi connectivity index (χ1n) is 6.12. The number of rotatable bonds is 3. The Bertz CT molecular complexity index is 625. The number of nitrogens with zero attached hydrogens (tertiary/aromatic N) is 2. The van der Waals surface area contributed by atoms with Gasteiger partial charge in [0, 0.05) is 6.07 Å². The van der Waals surface area contributed by atoms with Crippen LogP contribution in [0.4, 0.5) is 11.4 Å². The fraction of sp³-hybridized carbons (Fsp3) is 0.385. The summed E-state index contributed by atoms with van der Waals surface area (Å²) in [5.41, 5.74) is -1.07. The maximum atomic E-state index is 12.1. The Morgan fingerprint density at radius 2 is 2.14 bits per heavy atom. The summed E-state index contributed by atoms with van der Waals surface area (Å²) in [5.74, 6) is -1.14. The van der Waals surface area contributed by atoms with Crippen LogP contribution in [-0.2, 0) is 14.4 Å². The monoisotopic (exact) mass is 294 g/mol. The highest BCUT2D eigenvalue weighted by atomic mass is 16.7. The van der Waals surface area contributed by atoms with E-state index in [0.717, 1.165) is 18.2 Å². The van der Waals surface area contributed by atoms with E-state index in [4.69, 9.17) is 4.84 Å². The summed E-state index contributed by atoms with van der Waals surface area (Å²) >= 11 is 0. The lowest BCUT2D eigenvalue weighted by Gasteiger charge is -2.16. The van der Waals surface area contributed by atoms with Crippen molar-refractivity contribution >= 4 is 23.3 Å². The molecule has 1 aromatic carbocycles. The van der Waals surface area contributed by atoms with Crippen molar-refractivity contribution in [2.45, 2.75) is 13.8 Å². The molecule has 8 heteroatoms. The zero-order chi connectivity index (χ0) is 15.8. The van der Waals surface area contributed by atoms with Gasteiger partial charge in [0.25, 0.3) is 11.6 Å². The molecule has 1 fully saturated rings. The minimum atomic E-state index is -0.852. The van der Waals surface area contributed by atoms with Crippen LogP contribution in [0.2, 0.25) is 0 Å². The van der Waals surface area contributed by atoms with Crippen LogP contribution in [0.1, 0.15) is 24.2 Å². The summed E-state index contributed by atoms with van der Waals surface area (Å²) in [6.45, 7) is 3.64.